The molecule has 4 aromatic rings. The Hall–Kier alpha value is -4.25. The molecule has 0 aliphatic carbocycles. The Labute approximate surface area is 206 Å². The summed E-state index contributed by atoms with van der Waals surface area (Å²) in [6.45, 7) is 0. The van der Waals surface area contributed by atoms with Gasteiger partial charge in [-0.1, -0.05) is 66.7 Å². The highest BCUT2D eigenvalue weighted by molar-refractivity contribution is 5.87. The molecule has 1 unspecified atom stereocenters. The Balaban J connectivity index is 2.20. The number of primary amides is 1. The average Bonchev–Trinajstić information content (AvgIpc) is 2.92. The smallest absolute Gasteiger partial charge is 0.226 e. The molecule has 0 spiro atoms. The molecular formula is C30H29NO4. The van der Waals surface area contributed by atoms with Gasteiger partial charge in [0.2, 0.25) is 5.91 Å². The zero-order chi connectivity index (χ0) is 24.8. The molecule has 0 heterocycles. The minimum atomic E-state index is -1.02. The first-order chi connectivity index (χ1) is 17.0. The Morgan fingerprint density at radius 1 is 0.629 bits per heavy atom. The van der Waals surface area contributed by atoms with Gasteiger partial charge in [0.05, 0.1) is 32.7 Å². The molecule has 5 nitrogen and oxygen atoms in total. The second-order valence-corrected chi connectivity index (χ2v) is 8.25. The highest BCUT2D eigenvalue weighted by atomic mass is 16.5. The third-order valence-corrected chi connectivity index (χ3v) is 6.43. The number of rotatable bonds is 9. The molecule has 0 aliphatic rings. The lowest BCUT2D eigenvalue weighted by molar-refractivity contribution is -0.120. The van der Waals surface area contributed by atoms with Crippen LogP contribution in [-0.2, 0) is 10.2 Å². The van der Waals surface area contributed by atoms with Gasteiger partial charge in [0.15, 0.2) is 0 Å². The third kappa shape index (κ3) is 4.45. The van der Waals surface area contributed by atoms with Crippen molar-refractivity contribution < 1.29 is 19.0 Å². The quantitative estimate of drug-likeness (QED) is 0.339. The van der Waals surface area contributed by atoms with Crippen LogP contribution in [0, 0.1) is 0 Å². The van der Waals surface area contributed by atoms with Crippen LogP contribution >= 0.6 is 0 Å². The summed E-state index contributed by atoms with van der Waals surface area (Å²) < 4.78 is 16.8. The van der Waals surface area contributed by atoms with Crippen LogP contribution in [0.25, 0.3) is 0 Å². The maximum atomic E-state index is 13.5. The number of carbonyl (C=O) groups excluding carboxylic acids is 1. The molecule has 0 saturated carbocycles. The highest BCUT2D eigenvalue weighted by Crippen LogP contribution is 2.51. The van der Waals surface area contributed by atoms with E-state index in [4.69, 9.17) is 19.9 Å². The molecule has 1 amide bonds. The monoisotopic (exact) mass is 467 g/mol. The summed E-state index contributed by atoms with van der Waals surface area (Å²) >= 11 is 0. The Morgan fingerprint density at radius 2 is 1.03 bits per heavy atom. The molecule has 1 atom stereocenters. The number of amides is 1. The fraction of sp³-hybridized carbons (Fsp3) is 0.167. The molecule has 5 heteroatoms. The molecule has 0 fully saturated rings. The molecule has 178 valence electrons. The maximum absolute atomic E-state index is 13.5. The van der Waals surface area contributed by atoms with Crippen LogP contribution in [0.3, 0.4) is 0 Å². The van der Waals surface area contributed by atoms with Crippen LogP contribution in [0.15, 0.2) is 103 Å². The number of carbonyl (C=O) groups is 1. The summed E-state index contributed by atoms with van der Waals surface area (Å²) in [5.74, 6) is 0.816. The van der Waals surface area contributed by atoms with E-state index in [2.05, 4.69) is 0 Å². The number of ether oxygens (including phenoxy) is 3. The van der Waals surface area contributed by atoms with Crippen molar-refractivity contribution in [1.29, 1.82) is 0 Å². The number of hydrogen-bond donors (Lipinski definition) is 1. The van der Waals surface area contributed by atoms with Crippen molar-refractivity contribution in [3.05, 3.63) is 125 Å². The van der Waals surface area contributed by atoms with Crippen LogP contribution in [0.1, 0.15) is 28.2 Å². The van der Waals surface area contributed by atoms with Gasteiger partial charge in [-0.05, 0) is 58.7 Å². The van der Waals surface area contributed by atoms with E-state index in [1.807, 2.05) is 103 Å². The molecule has 4 rings (SSSR count). The van der Waals surface area contributed by atoms with Gasteiger partial charge in [-0.2, -0.15) is 0 Å². The predicted octanol–water partition coefficient (Wildman–Crippen LogP) is 5.32. The largest absolute Gasteiger partial charge is 0.497 e. The van der Waals surface area contributed by atoms with E-state index in [9.17, 15) is 4.79 Å². The first kappa shape index (κ1) is 23.9. The van der Waals surface area contributed by atoms with Gasteiger partial charge >= 0.3 is 0 Å². The van der Waals surface area contributed by atoms with Crippen molar-refractivity contribution in [3.8, 4) is 17.2 Å². The Kier molecular flexibility index (Phi) is 7.06. The zero-order valence-electron chi connectivity index (χ0n) is 20.1. The fourth-order valence-electron chi connectivity index (χ4n) is 4.88. The summed E-state index contributed by atoms with van der Waals surface area (Å²) in [6.07, 6.45) is 0. The van der Waals surface area contributed by atoms with E-state index in [1.54, 1.807) is 21.3 Å². The zero-order valence-corrected chi connectivity index (χ0v) is 20.1. The van der Waals surface area contributed by atoms with Crippen molar-refractivity contribution in [2.24, 2.45) is 5.73 Å². The van der Waals surface area contributed by atoms with Gasteiger partial charge in [0, 0.05) is 0 Å². The standard InChI is InChI=1S/C30H29NO4/c1-33-25-15-7-12-22(18-25)30(23-13-8-16-26(19-23)34-2,24-14-9-17-27(20-24)35-3)28(29(31)32)21-10-5-4-6-11-21/h4-20,28H,1-3H3,(H2,31,32). The number of hydrogen-bond acceptors (Lipinski definition) is 4. The summed E-state index contributed by atoms with van der Waals surface area (Å²) in [7, 11) is 4.88. The summed E-state index contributed by atoms with van der Waals surface area (Å²) in [6, 6.07) is 32.9. The second-order valence-electron chi connectivity index (χ2n) is 8.25. The van der Waals surface area contributed by atoms with Crippen LogP contribution in [-0.4, -0.2) is 27.2 Å². The molecule has 0 radical (unpaired) electrons. The molecule has 0 aromatic heterocycles. The van der Waals surface area contributed by atoms with Crippen LogP contribution < -0.4 is 19.9 Å². The summed E-state index contributed by atoms with van der Waals surface area (Å²) in [5, 5.41) is 0. The molecule has 4 aromatic carbocycles. The average molecular weight is 468 g/mol. The van der Waals surface area contributed by atoms with E-state index in [0.29, 0.717) is 17.2 Å². The van der Waals surface area contributed by atoms with Crippen LogP contribution in [0.4, 0.5) is 0 Å². The Morgan fingerprint density at radius 3 is 1.37 bits per heavy atom. The van der Waals surface area contributed by atoms with Gasteiger partial charge < -0.3 is 19.9 Å². The lowest BCUT2D eigenvalue weighted by atomic mass is 9.59. The van der Waals surface area contributed by atoms with Gasteiger partial charge in [0.25, 0.3) is 0 Å². The highest BCUT2D eigenvalue weighted by Gasteiger charge is 2.48. The Bertz CT molecular complexity index is 1190. The van der Waals surface area contributed by atoms with Crippen LogP contribution in [0.5, 0.6) is 17.2 Å². The van der Waals surface area contributed by atoms with Crippen molar-refractivity contribution in [3.63, 3.8) is 0 Å². The van der Waals surface area contributed by atoms with Gasteiger partial charge in [0.1, 0.15) is 17.2 Å². The van der Waals surface area contributed by atoms with E-state index >= 15 is 0 Å². The first-order valence-electron chi connectivity index (χ1n) is 11.3. The minimum absolute atomic E-state index is 0.454. The van der Waals surface area contributed by atoms with E-state index in [1.165, 1.54) is 0 Å². The van der Waals surface area contributed by atoms with Gasteiger partial charge in [-0.25, -0.2) is 0 Å². The molecule has 0 bridgehead atoms. The normalized spacial score (nSPS) is 12.0. The number of nitrogens with two attached hydrogens (primary N) is 1. The van der Waals surface area contributed by atoms with Crippen molar-refractivity contribution >= 4 is 5.91 Å². The number of benzene rings is 4. The lowest BCUT2D eigenvalue weighted by Crippen LogP contribution is -2.43. The number of methoxy groups -OCH3 is 3. The summed E-state index contributed by atoms with van der Waals surface area (Å²) in [4.78, 5) is 13.5. The first-order valence-corrected chi connectivity index (χ1v) is 11.3. The van der Waals surface area contributed by atoms with Crippen molar-refractivity contribution in [2.75, 3.05) is 21.3 Å². The van der Waals surface area contributed by atoms with E-state index < -0.39 is 17.2 Å². The maximum Gasteiger partial charge on any atom is 0.226 e. The fourth-order valence-corrected chi connectivity index (χ4v) is 4.88. The third-order valence-electron chi connectivity index (χ3n) is 6.43. The molecule has 2 N–H and O–H groups in total. The molecule has 0 saturated heterocycles. The second kappa shape index (κ2) is 10.3. The minimum Gasteiger partial charge on any atom is -0.497 e. The molecular weight excluding hydrogens is 438 g/mol. The topological polar surface area (TPSA) is 70.8 Å². The van der Waals surface area contributed by atoms with Gasteiger partial charge in [-0.15, -0.1) is 0 Å². The van der Waals surface area contributed by atoms with Crippen molar-refractivity contribution in [1.82, 2.24) is 0 Å². The van der Waals surface area contributed by atoms with Crippen LogP contribution in [0.2, 0.25) is 0 Å². The van der Waals surface area contributed by atoms with E-state index in [-0.39, 0.29) is 0 Å². The summed E-state index contributed by atoms with van der Waals surface area (Å²) in [5.41, 5.74) is 8.58. The molecule has 0 aliphatic heterocycles. The predicted molar refractivity (Wildman–Crippen MR) is 137 cm³/mol. The lowest BCUT2D eigenvalue weighted by Gasteiger charge is -2.42. The van der Waals surface area contributed by atoms with E-state index in [0.717, 1.165) is 22.3 Å². The molecule has 35 heavy (non-hydrogen) atoms. The van der Waals surface area contributed by atoms with Gasteiger partial charge in [-0.3, -0.25) is 4.79 Å². The van der Waals surface area contributed by atoms with Crippen molar-refractivity contribution in [2.45, 2.75) is 11.3 Å². The SMILES string of the molecule is COc1cccc(C(c2cccc(OC)c2)(c2cccc(OC)c2)C(C(N)=O)c2ccccc2)c1.